The van der Waals surface area contributed by atoms with Gasteiger partial charge >= 0.3 is 0 Å². The molecule has 4 aromatic rings. The molecule has 180 valence electrons. The van der Waals surface area contributed by atoms with E-state index in [1.165, 1.54) is 33.0 Å². The maximum atomic E-state index is 6.87. The zero-order valence-corrected chi connectivity index (χ0v) is 20.7. The molecule has 0 aliphatic carbocycles. The number of fused-ring (bicyclic) bond motifs is 5. The number of hydrogen-bond donors (Lipinski definition) is 0. The van der Waals surface area contributed by atoms with Gasteiger partial charge in [-0.2, -0.15) is 5.10 Å². The standard InChI is InChI=1S/C32H31N3O/c1-23-11-14-31-28(19-23)30-21-29(27-13-12-25-9-5-6-10-26(25)20-27)33-35(30)32(36-31)15-17-34(18-16-32)22-24-7-3-2-4-8-24/h2-14,19-20,30H,15-18,21-22H2,1H3/t30-/m1/s1. The number of piperidine rings is 1. The Balaban J connectivity index is 1.22. The van der Waals surface area contributed by atoms with Gasteiger partial charge in [-0.1, -0.05) is 84.4 Å². The first-order valence-electron chi connectivity index (χ1n) is 13.1. The van der Waals surface area contributed by atoms with Crippen LogP contribution < -0.4 is 4.74 Å². The highest BCUT2D eigenvalue weighted by molar-refractivity contribution is 6.04. The lowest BCUT2D eigenvalue weighted by Crippen LogP contribution is -2.59. The fourth-order valence-corrected chi connectivity index (χ4v) is 6.18. The Kier molecular flexibility index (Phi) is 5.10. The van der Waals surface area contributed by atoms with Crippen LogP contribution in [0.15, 0.2) is 96.1 Å². The van der Waals surface area contributed by atoms with Crippen LogP contribution in [0.2, 0.25) is 0 Å². The fraction of sp³-hybridized carbons (Fsp3) is 0.281. The smallest absolute Gasteiger partial charge is 0.200 e. The highest BCUT2D eigenvalue weighted by Gasteiger charge is 2.51. The Hall–Kier alpha value is -3.63. The topological polar surface area (TPSA) is 28.1 Å². The maximum absolute atomic E-state index is 6.87. The first kappa shape index (κ1) is 21.6. The van der Waals surface area contributed by atoms with Crippen molar-refractivity contribution in [2.75, 3.05) is 13.1 Å². The average molecular weight is 474 g/mol. The summed E-state index contributed by atoms with van der Waals surface area (Å²) < 4.78 is 6.87. The van der Waals surface area contributed by atoms with Crippen molar-refractivity contribution in [3.8, 4) is 5.75 Å². The summed E-state index contributed by atoms with van der Waals surface area (Å²) in [5.74, 6) is 1.04. The van der Waals surface area contributed by atoms with E-state index in [9.17, 15) is 0 Å². The second-order valence-corrected chi connectivity index (χ2v) is 10.5. The van der Waals surface area contributed by atoms with E-state index in [1.807, 2.05) is 0 Å². The Morgan fingerprint density at radius 1 is 0.861 bits per heavy atom. The summed E-state index contributed by atoms with van der Waals surface area (Å²) >= 11 is 0. The molecule has 3 aliphatic heterocycles. The molecule has 1 atom stereocenters. The maximum Gasteiger partial charge on any atom is 0.200 e. The highest BCUT2D eigenvalue weighted by atomic mass is 16.5. The molecule has 7 rings (SSSR count). The lowest BCUT2D eigenvalue weighted by atomic mass is 9.89. The van der Waals surface area contributed by atoms with Crippen molar-refractivity contribution in [1.29, 1.82) is 0 Å². The molecule has 4 aromatic carbocycles. The van der Waals surface area contributed by atoms with Gasteiger partial charge in [0.15, 0.2) is 0 Å². The number of hydrazone groups is 1. The molecule has 1 fully saturated rings. The van der Waals surface area contributed by atoms with Crippen molar-refractivity contribution in [2.24, 2.45) is 5.10 Å². The van der Waals surface area contributed by atoms with Gasteiger partial charge in [0.25, 0.3) is 0 Å². The molecule has 36 heavy (non-hydrogen) atoms. The van der Waals surface area contributed by atoms with E-state index in [0.29, 0.717) is 0 Å². The summed E-state index contributed by atoms with van der Waals surface area (Å²) in [6.45, 7) is 5.15. The molecule has 3 aliphatic rings. The van der Waals surface area contributed by atoms with E-state index in [4.69, 9.17) is 9.84 Å². The summed E-state index contributed by atoms with van der Waals surface area (Å²) in [5, 5.41) is 10.2. The third kappa shape index (κ3) is 3.68. The van der Waals surface area contributed by atoms with Gasteiger partial charge in [-0.25, -0.2) is 5.01 Å². The Morgan fingerprint density at radius 2 is 1.64 bits per heavy atom. The van der Waals surface area contributed by atoms with E-state index in [0.717, 1.165) is 50.4 Å². The minimum atomic E-state index is -0.390. The van der Waals surface area contributed by atoms with Crippen LogP contribution >= 0.6 is 0 Å². The Labute approximate surface area is 212 Å². The molecule has 4 nitrogen and oxygen atoms in total. The van der Waals surface area contributed by atoms with E-state index in [-0.39, 0.29) is 6.04 Å². The van der Waals surface area contributed by atoms with E-state index < -0.39 is 5.72 Å². The van der Waals surface area contributed by atoms with Crippen LogP contribution in [-0.4, -0.2) is 34.4 Å². The fourth-order valence-electron chi connectivity index (χ4n) is 6.18. The average Bonchev–Trinajstić information content (AvgIpc) is 3.38. The number of hydrogen-bond acceptors (Lipinski definition) is 4. The largest absolute Gasteiger partial charge is 0.466 e. The highest BCUT2D eigenvalue weighted by Crippen LogP contribution is 2.50. The molecule has 0 radical (unpaired) electrons. The molecule has 4 heteroatoms. The van der Waals surface area contributed by atoms with Gasteiger partial charge < -0.3 is 4.74 Å². The van der Waals surface area contributed by atoms with Gasteiger partial charge in [-0.15, -0.1) is 0 Å². The predicted octanol–water partition coefficient (Wildman–Crippen LogP) is 6.68. The molecule has 0 aromatic heterocycles. The Morgan fingerprint density at radius 3 is 2.47 bits per heavy atom. The van der Waals surface area contributed by atoms with Gasteiger partial charge in [0, 0.05) is 44.5 Å². The lowest BCUT2D eigenvalue weighted by molar-refractivity contribution is -0.150. The lowest BCUT2D eigenvalue weighted by Gasteiger charge is -2.51. The zero-order chi connectivity index (χ0) is 24.1. The summed E-state index contributed by atoms with van der Waals surface area (Å²) in [5.41, 5.74) is 5.90. The van der Waals surface area contributed by atoms with Crippen LogP contribution in [0.4, 0.5) is 0 Å². The van der Waals surface area contributed by atoms with Gasteiger partial charge in [0.1, 0.15) is 5.75 Å². The number of rotatable bonds is 3. The second kappa shape index (κ2) is 8.49. The molecule has 1 saturated heterocycles. The quantitative estimate of drug-likeness (QED) is 0.332. The first-order chi connectivity index (χ1) is 17.7. The van der Waals surface area contributed by atoms with Crippen molar-refractivity contribution in [3.63, 3.8) is 0 Å². The summed E-state index contributed by atoms with van der Waals surface area (Å²) in [6, 6.07) is 32.9. The molecular formula is C32H31N3O. The first-order valence-corrected chi connectivity index (χ1v) is 13.1. The molecule has 1 spiro atoms. The second-order valence-electron chi connectivity index (χ2n) is 10.5. The molecule has 0 amide bonds. The van der Waals surface area contributed by atoms with E-state index in [1.54, 1.807) is 0 Å². The van der Waals surface area contributed by atoms with Crippen LogP contribution in [0.5, 0.6) is 5.75 Å². The molecule has 0 N–H and O–H groups in total. The van der Waals surface area contributed by atoms with Gasteiger partial charge in [0.05, 0.1) is 11.8 Å². The Bertz CT molecular complexity index is 1450. The summed E-state index contributed by atoms with van der Waals surface area (Å²) in [4.78, 5) is 2.55. The van der Waals surface area contributed by atoms with Crippen molar-refractivity contribution in [3.05, 3.63) is 113 Å². The predicted molar refractivity (Wildman–Crippen MR) is 145 cm³/mol. The van der Waals surface area contributed by atoms with Gasteiger partial charge in [0.2, 0.25) is 5.72 Å². The monoisotopic (exact) mass is 473 g/mol. The zero-order valence-electron chi connectivity index (χ0n) is 20.7. The van der Waals surface area contributed by atoms with Crippen LogP contribution in [-0.2, 0) is 6.54 Å². The number of aryl methyl sites for hydroxylation is 1. The summed E-state index contributed by atoms with van der Waals surface area (Å²) in [7, 11) is 0. The SMILES string of the molecule is Cc1ccc2c(c1)[C@H]1CC(c3ccc4ccccc4c3)=NN1C1(CCN(Cc3ccccc3)CC1)O2. The molecule has 3 heterocycles. The van der Waals surface area contributed by atoms with Crippen molar-refractivity contribution in [2.45, 2.75) is 44.5 Å². The van der Waals surface area contributed by atoms with Crippen LogP contribution in [0, 0.1) is 6.92 Å². The molecule has 0 saturated carbocycles. The molecular weight excluding hydrogens is 442 g/mol. The number of likely N-dealkylation sites (tertiary alicyclic amines) is 1. The third-order valence-electron chi connectivity index (χ3n) is 8.12. The van der Waals surface area contributed by atoms with E-state index in [2.05, 4.69) is 108 Å². The molecule has 0 unspecified atom stereocenters. The normalized spacial score (nSPS) is 20.6. The van der Waals surface area contributed by atoms with Gasteiger partial charge in [-0.05, 0) is 41.0 Å². The number of ether oxygens (including phenoxy) is 1. The number of nitrogens with zero attached hydrogens (tertiary/aromatic N) is 3. The third-order valence-corrected chi connectivity index (χ3v) is 8.12. The minimum absolute atomic E-state index is 0.218. The van der Waals surface area contributed by atoms with Crippen LogP contribution in [0.3, 0.4) is 0 Å². The number of benzene rings is 4. The molecule has 0 bridgehead atoms. The van der Waals surface area contributed by atoms with Crippen LogP contribution in [0.1, 0.15) is 47.6 Å². The van der Waals surface area contributed by atoms with E-state index >= 15 is 0 Å². The summed E-state index contributed by atoms with van der Waals surface area (Å²) in [6.07, 6.45) is 2.80. The minimum Gasteiger partial charge on any atom is -0.466 e. The van der Waals surface area contributed by atoms with Crippen LogP contribution in [0.25, 0.3) is 10.8 Å². The van der Waals surface area contributed by atoms with Gasteiger partial charge in [-0.3, -0.25) is 4.90 Å². The van der Waals surface area contributed by atoms with Crippen molar-refractivity contribution in [1.82, 2.24) is 9.91 Å². The van der Waals surface area contributed by atoms with Crippen molar-refractivity contribution >= 4 is 16.5 Å². The van der Waals surface area contributed by atoms with Crippen molar-refractivity contribution < 1.29 is 4.74 Å².